The van der Waals surface area contributed by atoms with Crippen LogP contribution in [-0.4, -0.2) is 36.2 Å². The molecule has 2 aliphatic rings. The molecule has 2 N–H and O–H groups in total. The monoisotopic (exact) mass is 297 g/mol. The highest BCUT2D eigenvalue weighted by molar-refractivity contribution is 5.91. The summed E-state index contributed by atoms with van der Waals surface area (Å²) in [5, 5.41) is 12.3. The second kappa shape index (κ2) is 5.95. The van der Waals surface area contributed by atoms with Crippen molar-refractivity contribution >= 4 is 11.9 Å². The SMILES string of the molecule is CC1C(NC(=O)C2=COCCO2)CCC(C(=O)O)C1(C)C. The van der Waals surface area contributed by atoms with E-state index in [1.54, 1.807) is 0 Å². The van der Waals surface area contributed by atoms with Gasteiger partial charge in [-0.25, -0.2) is 0 Å². The van der Waals surface area contributed by atoms with Crippen molar-refractivity contribution in [1.82, 2.24) is 5.32 Å². The highest BCUT2D eigenvalue weighted by Gasteiger charge is 2.46. The van der Waals surface area contributed by atoms with Gasteiger partial charge in [0.15, 0.2) is 0 Å². The third-order valence-corrected chi connectivity index (χ3v) is 4.93. The predicted molar refractivity (Wildman–Crippen MR) is 75.2 cm³/mol. The first kappa shape index (κ1) is 15.7. The molecular formula is C15H23NO5. The second-order valence-electron chi connectivity index (χ2n) is 6.36. The molecule has 0 aromatic heterocycles. The van der Waals surface area contributed by atoms with Gasteiger partial charge in [-0.05, 0) is 24.2 Å². The molecule has 1 amide bonds. The summed E-state index contributed by atoms with van der Waals surface area (Å²) in [6.45, 7) is 6.71. The van der Waals surface area contributed by atoms with E-state index in [4.69, 9.17) is 9.47 Å². The molecule has 0 aromatic rings. The van der Waals surface area contributed by atoms with Crippen LogP contribution in [0.15, 0.2) is 12.0 Å². The number of hydrogen-bond donors (Lipinski definition) is 2. The van der Waals surface area contributed by atoms with Gasteiger partial charge in [0.25, 0.3) is 5.91 Å². The minimum Gasteiger partial charge on any atom is -0.494 e. The Morgan fingerprint density at radius 3 is 2.62 bits per heavy atom. The van der Waals surface area contributed by atoms with Gasteiger partial charge < -0.3 is 19.9 Å². The van der Waals surface area contributed by atoms with Gasteiger partial charge in [-0.3, -0.25) is 9.59 Å². The zero-order chi connectivity index (χ0) is 15.6. The molecule has 1 heterocycles. The lowest BCUT2D eigenvalue weighted by molar-refractivity contribution is -0.150. The molecule has 0 bridgehead atoms. The van der Waals surface area contributed by atoms with Gasteiger partial charge in [-0.15, -0.1) is 0 Å². The Kier molecular flexibility index (Phi) is 4.44. The van der Waals surface area contributed by atoms with Crippen molar-refractivity contribution in [2.45, 2.75) is 39.7 Å². The zero-order valence-corrected chi connectivity index (χ0v) is 12.7. The molecule has 3 unspecified atom stereocenters. The number of rotatable bonds is 3. The summed E-state index contributed by atoms with van der Waals surface area (Å²) in [5.74, 6) is -1.19. The highest BCUT2D eigenvalue weighted by Crippen LogP contribution is 2.45. The summed E-state index contributed by atoms with van der Waals surface area (Å²) in [7, 11) is 0. The van der Waals surface area contributed by atoms with E-state index >= 15 is 0 Å². The van der Waals surface area contributed by atoms with Crippen LogP contribution in [0.5, 0.6) is 0 Å². The third-order valence-electron chi connectivity index (χ3n) is 4.93. The standard InChI is InChI=1S/C15H23NO5/c1-9-11(5-4-10(14(18)19)15(9,2)3)16-13(17)12-8-20-6-7-21-12/h8-11H,4-7H2,1-3H3,(H,16,17)(H,18,19). The molecular weight excluding hydrogens is 274 g/mol. The molecule has 6 heteroatoms. The maximum Gasteiger partial charge on any atom is 0.307 e. The molecule has 21 heavy (non-hydrogen) atoms. The molecule has 1 aliphatic heterocycles. The normalized spacial score (nSPS) is 31.4. The summed E-state index contributed by atoms with van der Waals surface area (Å²) in [6, 6.07) is -0.0606. The Labute approximate surface area is 124 Å². The largest absolute Gasteiger partial charge is 0.494 e. The Hall–Kier alpha value is -1.72. The van der Waals surface area contributed by atoms with E-state index < -0.39 is 5.97 Å². The molecule has 1 fully saturated rings. The molecule has 0 aromatic carbocycles. The van der Waals surface area contributed by atoms with E-state index in [-0.39, 0.29) is 35.0 Å². The number of carbonyl (C=O) groups excluding carboxylic acids is 1. The number of amides is 1. The van der Waals surface area contributed by atoms with Crippen molar-refractivity contribution in [3.63, 3.8) is 0 Å². The van der Waals surface area contributed by atoms with Crippen LogP contribution >= 0.6 is 0 Å². The van der Waals surface area contributed by atoms with Crippen LogP contribution in [0, 0.1) is 17.3 Å². The topological polar surface area (TPSA) is 84.9 Å². The summed E-state index contributed by atoms with van der Waals surface area (Å²) in [4.78, 5) is 23.5. The Morgan fingerprint density at radius 2 is 2.05 bits per heavy atom. The fourth-order valence-electron chi connectivity index (χ4n) is 3.17. The summed E-state index contributed by atoms with van der Waals surface area (Å²) in [6.07, 6.45) is 2.55. The quantitative estimate of drug-likeness (QED) is 0.825. The lowest BCUT2D eigenvalue weighted by atomic mass is 9.61. The van der Waals surface area contributed by atoms with Crippen LogP contribution in [-0.2, 0) is 19.1 Å². The van der Waals surface area contributed by atoms with E-state index in [0.717, 1.165) is 0 Å². The summed E-state index contributed by atoms with van der Waals surface area (Å²) < 4.78 is 10.3. The fraction of sp³-hybridized carbons (Fsp3) is 0.733. The van der Waals surface area contributed by atoms with E-state index in [9.17, 15) is 14.7 Å². The van der Waals surface area contributed by atoms with E-state index in [2.05, 4.69) is 5.32 Å². The number of carbonyl (C=O) groups is 2. The van der Waals surface area contributed by atoms with Crippen LogP contribution in [0.25, 0.3) is 0 Å². The molecule has 0 radical (unpaired) electrons. The Bertz CT molecular complexity index is 457. The minimum absolute atomic E-state index is 0.0569. The van der Waals surface area contributed by atoms with E-state index in [1.807, 2.05) is 20.8 Å². The number of carboxylic acid groups (broad SMARTS) is 1. The lowest BCUT2D eigenvalue weighted by Gasteiger charge is -2.46. The number of hydrogen-bond acceptors (Lipinski definition) is 4. The molecule has 6 nitrogen and oxygen atoms in total. The average molecular weight is 297 g/mol. The van der Waals surface area contributed by atoms with Crippen LogP contribution < -0.4 is 5.32 Å². The van der Waals surface area contributed by atoms with Crippen LogP contribution in [0.4, 0.5) is 0 Å². The maximum atomic E-state index is 12.1. The van der Waals surface area contributed by atoms with Crippen molar-refractivity contribution in [3.05, 3.63) is 12.0 Å². The van der Waals surface area contributed by atoms with Crippen LogP contribution in [0.1, 0.15) is 33.6 Å². The van der Waals surface area contributed by atoms with Gasteiger partial charge in [0.05, 0.1) is 5.92 Å². The molecule has 1 aliphatic carbocycles. The molecule has 3 atom stereocenters. The fourth-order valence-corrected chi connectivity index (χ4v) is 3.17. The van der Waals surface area contributed by atoms with Gasteiger partial charge in [0, 0.05) is 6.04 Å². The molecule has 2 rings (SSSR count). The molecule has 0 saturated heterocycles. The number of carboxylic acids is 1. The molecule has 0 spiro atoms. The first-order valence-electron chi connectivity index (χ1n) is 7.32. The number of aliphatic carboxylic acids is 1. The van der Waals surface area contributed by atoms with Gasteiger partial charge >= 0.3 is 5.97 Å². The van der Waals surface area contributed by atoms with Crippen molar-refractivity contribution in [1.29, 1.82) is 0 Å². The minimum atomic E-state index is -0.761. The van der Waals surface area contributed by atoms with E-state index in [1.165, 1.54) is 6.26 Å². The first-order valence-corrected chi connectivity index (χ1v) is 7.32. The van der Waals surface area contributed by atoms with Crippen LogP contribution in [0.2, 0.25) is 0 Å². The van der Waals surface area contributed by atoms with Gasteiger partial charge in [-0.1, -0.05) is 20.8 Å². The number of ether oxygens (including phenoxy) is 2. The van der Waals surface area contributed by atoms with Crippen LogP contribution in [0.3, 0.4) is 0 Å². The van der Waals surface area contributed by atoms with Gasteiger partial charge in [0.2, 0.25) is 5.76 Å². The van der Waals surface area contributed by atoms with Crippen molar-refractivity contribution in [2.24, 2.45) is 17.3 Å². The second-order valence-corrected chi connectivity index (χ2v) is 6.36. The highest BCUT2D eigenvalue weighted by atomic mass is 16.6. The third kappa shape index (κ3) is 3.14. The zero-order valence-electron chi connectivity index (χ0n) is 12.7. The summed E-state index contributed by atoms with van der Waals surface area (Å²) in [5.41, 5.74) is -0.375. The maximum absolute atomic E-state index is 12.1. The Morgan fingerprint density at radius 1 is 1.33 bits per heavy atom. The molecule has 1 saturated carbocycles. The average Bonchev–Trinajstić information content (AvgIpc) is 2.44. The van der Waals surface area contributed by atoms with E-state index in [0.29, 0.717) is 26.1 Å². The first-order chi connectivity index (χ1) is 9.84. The van der Waals surface area contributed by atoms with Gasteiger partial charge in [0.1, 0.15) is 19.5 Å². The number of nitrogens with one attached hydrogen (secondary N) is 1. The van der Waals surface area contributed by atoms with Crippen molar-refractivity contribution in [2.75, 3.05) is 13.2 Å². The lowest BCUT2D eigenvalue weighted by Crippen LogP contribution is -2.52. The van der Waals surface area contributed by atoms with Crippen molar-refractivity contribution < 1.29 is 24.2 Å². The Balaban J connectivity index is 2.03. The molecule has 118 valence electrons. The predicted octanol–water partition coefficient (Wildman–Crippen LogP) is 1.52. The summed E-state index contributed by atoms with van der Waals surface area (Å²) >= 11 is 0. The smallest absolute Gasteiger partial charge is 0.307 e. The van der Waals surface area contributed by atoms with Gasteiger partial charge in [-0.2, -0.15) is 0 Å². The van der Waals surface area contributed by atoms with Crippen molar-refractivity contribution in [3.8, 4) is 0 Å².